The van der Waals surface area contributed by atoms with Crippen LogP contribution in [-0.2, 0) is 38.9 Å². The molecule has 0 saturated heterocycles. The van der Waals surface area contributed by atoms with Crippen LogP contribution in [0.4, 0.5) is 5.69 Å². The number of carbonyl (C=O) groups is 3. The van der Waals surface area contributed by atoms with E-state index in [1.54, 1.807) is 0 Å². The van der Waals surface area contributed by atoms with Crippen LogP contribution in [0.25, 0.3) is 0 Å². The molecule has 2 amide bonds. The largest absolute Gasteiger partial charge is 0.463 e. The van der Waals surface area contributed by atoms with Gasteiger partial charge in [0.05, 0.1) is 16.4 Å². The van der Waals surface area contributed by atoms with Crippen molar-refractivity contribution in [3.63, 3.8) is 0 Å². The summed E-state index contributed by atoms with van der Waals surface area (Å²) in [5, 5.41) is 15.8. The van der Waals surface area contributed by atoms with E-state index in [1.807, 2.05) is 83.1 Å². The molecule has 1 rings (SSSR count). The van der Waals surface area contributed by atoms with E-state index in [4.69, 9.17) is 30.6 Å². The summed E-state index contributed by atoms with van der Waals surface area (Å²) >= 11 is 0. The fourth-order valence-corrected chi connectivity index (χ4v) is 2.68. The van der Waals surface area contributed by atoms with Gasteiger partial charge in [-0.1, -0.05) is 67.5 Å². The molecule has 12 nitrogen and oxygen atoms in total. The zero-order valence-corrected chi connectivity index (χ0v) is 32.1. The molecule has 276 valence electrons. The van der Waals surface area contributed by atoms with Gasteiger partial charge in [0, 0.05) is 22.4 Å². The van der Waals surface area contributed by atoms with Crippen molar-refractivity contribution in [1.29, 1.82) is 5.26 Å². The number of nitrogens with one attached hydrogen (secondary N) is 1. The lowest BCUT2D eigenvalue weighted by Gasteiger charge is -2.21. The van der Waals surface area contributed by atoms with Crippen molar-refractivity contribution in [2.75, 3.05) is 25.1 Å². The maximum atomic E-state index is 11.9. The van der Waals surface area contributed by atoms with Crippen molar-refractivity contribution in [1.82, 2.24) is 0 Å². The van der Waals surface area contributed by atoms with Crippen LogP contribution >= 0.6 is 0 Å². The van der Waals surface area contributed by atoms with Crippen molar-refractivity contribution >= 4 is 33.5 Å². The molecule has 1 atom stereocenters. The van der Waals surface area contributed by atoms with Gasteiger partial charge in [-0.15, -0.1) is 0 Å². The average Bonchev–Trinajstić information content (AvgIpc) is 3.02. The molecule has 0 aromatic heterocycles. The topological polar surface area (TPSA) is 201 Å². The number of rotatable bonds is 15. The van der Waals surface area contributed by atoms with Crippen molar-refractivity contribution in [2.24, 2.45) is 33.0 Å². The van der Waals surface area contributed by atoms with Crippen LogP contribution in [0.1, 0.15) is 109 Å². The molecule has 0 aliphatic carbocycles. The number of primary amides is 1. The average molecular weight is 699 g/mol. The number of nitrogens with two attached hydrogens (primary N) is 2. The Hall–Kier alpha value is -3.31. The third kappa shape index (κ3) is 23.1. The van der Waals surface area contributed by atoms with Crippen molar-refractivity contribution in [2.45, 2.75) is 114 Å². The lowest BCUT2D eigenvalue weighted by atomic mass is 9.89. The number of ether oxygens (including phenoxy) is 1. The summed E-state index contributed by atoms with van der Waals surface area (Å²) in [6.07, 6.45) is 3.24. The number of primary sulfonamides is 1. The first-order valence-electron chi connectivity index (χ1n) is 16.1. The van der Waals surface area contributed by atoms with E-state index in [0.717, 1.165) is 24.8 Å². The van der Waals surface area contributed by atoms with Gasteiger partial charge >= 0.3 is 5.97 Å². The van der Waals surface area contributed by atoms with Crippen LogP contribution in [0.15, 0.2) is 41.3 Å². The van der Waals surface area contributed by atoms with Crippen molar-refractivity contribution in [3.05, 3.63) is 36.4 Å². The fourth-order valence-electron chi connectivity index (χ4n) is 2.16. The predicted molar refractivity (Wildman–Crippen MR) is 191 cm³/mol. The van der Waals surface area contributed by atoms with Gasteiger partial charge in [0.25, 0.3) is 0 Å². The third-order valence-electron chi connectivity index (χ3n) is 7.55. The molecule has 48 heavy (non-hydrogen) atoms. The molecule has 0 saturated carbocycles. The second kappa shape index (κ2) is 23.9. The molecule has 0 radical (unpaired) electrons. The Bertz CT molecular complexity index is 1270. The minimum absolute atomic E-state index is 0.0234. The van der Waals surface area contributed by atoms with Gasteiger partial charge in [-0.25, -0.2) is 23.3 Å². The summed E-state index contributed by atoms with van der Waals surface area (Å²) in [6.45, 7) is 27.1. The van der Waals surface area contributed by atoms with Crippen LogP contribution in [0.5, 0.6) is 0 Å². The van der Waals surface area contributed by atoms with E-state index in [2.05, 4.69) is 18.0 Å². The Kier molecular flexibility index (Phi) is 24.5. The van der Waals surface area contributed by atoms with E-state index in [-0.39, 0.29) is 47.2 Å². The molecular weight excluding hydrogens is 636 g/mol. The molecule has 0 heterocycles. The summed E-state index contributed by atoms with van der Waals surface area (Å²) in [5.74, 6) is -0.295. The van der Waals surface area contributed by atoms with E-state index in [1.165, 1.54) is 24.3 Å². The molecule has 0 bridgehead atoms. The quantitative estimate of drug-likeness (QED) is 0.0588. The Balaban J connectivity index is -0.000000613. The molecule has 1 unspecified atom stereocenters. The van der Waals surface area contributed by atoms with Gasteiger partial charge in [0.15, 0.2) is 0 Å². The summed E-state index contributed by atoms with van der Waals surface area (Å²) < 4.78 is 27.2. The number of nitrogens with zero attached hydrogens (tertiary/aromatic N) is 1. The number of anilines is 1. The molecular formula is C35H62N4O8S. The SMILES string of the molecule is C=C(C)COOCCOC(=O)C(C)(C)CC.CCC(C)(C)C(=O)Nc1ccc(S(N)(=O)=O)cc1.CCC(C)(C)C(N)=O.CCC(C)C#N. The van der Waals surface area contributed by atoms with E-state index < -0.39 is 20.9 Å². The Labute approximate surface area is 289 Å². The van der Waals surface area contributed by atoms with Crippen molar-refractivity contribution in [3.8, 4) is 6.07 Å². The first-order chi connectivity index (χ1) is 21.9. The van der Waals surface area contributed by atoms with Gasteiger partial charge in [0.2, 0.25) is 21.8 Å². The maximum Gasteiger partial charge on any atom is 0.311 e. The minimum atomic E-state index is -3.69. The number of benzene rings is 1. The number of hydrogen-bond acceptors (Lipinski definition) is 9. The number of sulfonamides is 1. The first-order valence-corrected chi connectivity index (χ1v) is 17.6. The number of esters is 1. The Morgan fingerprint density at radius 2 is 1.38 bits per heavy atom. The van der Waals surface area contributed by atoms with Crippen molar-refractivity contribution < 1.29 is 37.3 Å². The lowest BCUT2D eigenvalue weighted by Crippen LogP contribution is -2.30. The standard InChI is InChI=1S/C12H18N2O3S.C12H22O4.C6H13NO.C5H9N/c1-4-12(2,3)11(15)14-9-5-7-10(8-6-9)18(13,16)17;1-6-12(4,5)11(13)14-7-8-15-16-9-10(2)3;1-4-6(2,3)5(7)8;1-3-5(2)4-6/h5-8H,4H2,1-3H3,(H,14,15)(H2,13,16,17);2,6-9H2,1,3-5H3;4H2,1-3H3,(H2,7,8);5H,3H2,1-2H3. The van der Waals surface area contributed by atoms with Gasteiger partial charge < -0.3 is 15.8 Å². The molecule has 1 aromatic carbocycles. The number of nitriles is 1. The highest BCUT2D eigenvalue weighted by Crippen LogP contribution is 2.23. The monoisotopic (exact) mass is 698 g/mol. The first kappa shape index (κ1) is 49.1. The second-order valence-electron chi connectivity index (χ2n) is 13.2. The highest BCUT2D eigenvalue weighted by atomic mass is 32.2. The van der Waals surface area contributed by atoms with Crippen LogP contribution in [0.2, 0.25) is 0 Å². The molecule has 0 aliphatic heterocycles. The summed E-state index contributed by atoms with van der Waals surface area (Å²) in [7, 11) is -3.69. The molecule has 13 heteroatoms. The summed E-state index contributed by atoms with van der Waals surface area (Å²) in [6, 6.07) is 7.88. The molecule has 0 aliphatic rings. The van der Waals surface area contributed by atoms with E-state index in [0.29, 0.717) is 18.7 Å². The number of carbonyl (C=O) groups excluding carboxylic acids is 3. The maximum absolute atomic E-state index is 11.9. The summed E-state index contributed by atoms with van der Waals surface area (Å²) in [5.41, 5.74) is 5.26. The van der Waals surface area contributed by atoms with Gasteiger partial charge in [-0.3, -0.25) is 14.4 Å². The zero-order chi connectivity index (χ0) is 38.4. The van der Waals surface area contributed by atoms with Gasteiger partial charge in [0.1, 0.15) is 19.8 Å². The number of amides is 2. The Morgan fingerprint density at radius 3 is 1.69 bits per heavy atom. The van der Waals surface area contributed by atoms with Gasteiger partial charge in [-0.2, -0.15) is 5.26 Å². The second-order valence-corrected chi connectivity index (χ2v) is 14.8. The number of hydrogen-bond donors (Lipinski definition) is 3. The van der Waals surface area contributed by atoms with Crippen LogP contribution in [0, 0.1) is 33.5 Å². The normalized spacial score (nSPS) is 11.8. The van der Waals surface area contributed by atoms with E-state index in [9.17, 15) is 22.8 Å². The van der Waals surface area contributed by atoms with Gasteiger partial charge in [-0.05, 0) is 77.6 Å². The smallest absolute Gasteiger partial charge is 0.311 e. The molecule has 5 N–H and O–H groups in total. The van der Waals surface area contributed by atoms with Crippen LogP contribution < -0.4 is 16.2 Å². The highest BCUT2D eigenvalue weighted by Gasteiger charge is 2.27. The zero-order valence-electron chi connectivity index (χ0n) is 31.3. The molecule has 0 fully saturated rings. The lowest BCUT2D eigenvalue weighted by molar-refractivity contribution is -0.292. The van der Waals surface area contributed by atoms with Crippen LogP contribution in [0.3, 0.4) is 0 Å². The minimum Gasteiger partial charge on any atom is -0.463 e. The molecule has 0 spiro atoms. The molecule has 1 aromatic rings. The van der Waals surface area contributed by atoms with Crippen LogP contribution in [-0.4, -0.2) is 46.0 Å². The predicted octanol–water partition coefficient (Wildman–Crippen LogP) is 6.66. The Morgan fingerprint density at radius 1 is 0.896 bits per heavy atom. The summed E-state index contributed by atoms with van der Waals surface area (Å²) in [4.78, 5) is 43.5. The highest BCUT2D eigenvalue weighted by molar-refractivity contribution is 7.89. The third-order valence-corrected chi connectivity index (χ3v) is 8.48. The fraction of sp³-hybridized carbons (Fsp3) is 0.657. The van der Waals surface area contributed by atoms with E-state index >= 15 is 0 Å².